The van der Waals surface area contributed by atoms with Gasteiger partial charge in [0.2, 0.25) is 12.6 Å². The van der Waals surface area contributed by atoms with Crippen molar-refractivity contribution in [2.24, 2.45) is 0 Å². The van der Waals surface area contributed by atoms with E-state index in [1.165, 1.54) is 13.8 Å². The van der Waals surface area contributed by atoms with Crippen molar-refractivity contribution >= 4 is 19.5 Å². The summed E-state index contributed by atoms with van der Waals surface area (Å²) in [5.74, 6) is -1.50. The van der Waals surface area contributed by atoms with E-state index >= 15 is 0 Å². The van der Waals surface area contributed by atoms with Crippen LogP contribution in [0.4, 0.5) is 0 Å². The van der Waals surface area contributed by atoms with Gasteiger partial charge in [0.15, 0.2) is 0 Å². The molecule has 0 aliphatic heterocycles. The number of rotatable bonds is 13. The first kappa shape index (κ1) is 23.5. The molecular formula is C15H25O9P. The normalized spacial score (nSPS) is 16.8. The second-order valence-electron chi connectivity index (χ2n) is 4.38. The Kier molecular flexibility index (Phi) is 11.2. The maximum Gasteiger partial charge on any atom is 0.389 e. The van der Waals surface area contributed by atoms with Crippen LogP contribution in [-0.4, -0.2) is 43.8 Å². The van der Waals surface area contributed by atoms with E-state index in [9.17, 15) is 14.2 Å². The summed E-state index contributed by atoms with van der Waals surface area (Å²) in [5, 5.41) is 0. The van der Waals surface area contributed by atoms with Gasteiger partial charge >= 0.3 is 19.5 Å². The molecule has 0 aromatic carbocycles. The van der Waals surface area contributed by atoms with E-state index in [0.29, 0.717) is 0 Å². The maximum atomic E-state index is 13.0. The molecule has 0 aromatic heterocycles. The first-order valence-electron chi connectivity index (χ1n) is 7.58. The minimum atomic E-state index is -4.05. The van der Waals surface area contributed by atoms with E-state index in [0.717, 1.165) is 12.2 Å². The molecule has 4 unspecified atom stereocenters. The first-order valence-corrected chi connectivity index (χ1v) is 9.19. The Morgan fingerprint density at radius 2 is 1.52 bits per heavy atom. The molecule has 25 heavy (non-hydrogen) atoms. The Morgan fingerprint density at radius 1 is 1.00 bits per heavy atom. The van der Waals surface area contributed by atoms with Gasteiger partial charge in [0.05, 0.1) is 6.61 Å². The highest BCUT2D eigenvalue weighted by atomic mass is 31.2. The smallest absolute Gasteiger partial charge is 0.389 e. The Hall–Kier alpha value is -1.51. The SMILES string of the molecule is C=CC(=O)OC(C)OC(OCC)P(=O)(OCC)OC(C)OC(=O)C=C. The molecule has 0 bridgehead atoms. The second-order valence-corrected chi connectivity index (χ2v) is 6.35. The monoisotopic (exact) mass is 380 g/mol. The van der Waals surface area contributed by atoms with Crippen molar-refractivity contribution in [1.82, 2.24) is 0 Å². The summed E-state index contributed by atoms with van der Waals surface area (Å²) in [6, 6.07) is -1.50. The van der Waals surface area contributed by atoms with Gasteiger partial charge in [-0.2, -0.15) is 0 Å². The van der Waals surface area contributed by atoms with Crippen LogP contribution in [0.1, 0.15) is 27.7 Å². The molecular weight excluding hydrogens is 355 g/mol. The summed E-state index contributed by atoms with van der Waals surface area (Å²) in [4.78, 5) is 22.4. The molecule has 0 aromatic rings. The topological polar surface area (TPSA) is 107 Å². The van der Waals surface area contributed by atoms with Crippen molar-refractivity contribution in [3.8, 4) is 0 Å². The Morgan fingerprint density at radius 3 is 1.96 bits per heavy atom. The standard InChI is InChI=1S/C15H25O9P/c1-7-13(16)21-11(5)23-15(19-9-3)25(18,20-10-4)24-12(6)22-14(17)8-2/h7-8,11-12,15H,1-2,9-10H2,3-6H3. The lowest BCUT2D eigenvalue weighted by Gasteiger charge is -2.29. The molecule has 144 valence electrons. The van der Waals surface area contributed by atoms with E-state index < -0.39 is 38.1 Å². The number of hydrogen-bond acceptors (Lipinski definition) is 9. The highest BCUT2D eigenvalue weighted by Gasteiger charge is 2.41. The van der Waals surface area contributed by atoms with Crippen LogP contribution < -0.4 is 0 Å². The zero-order chi connectivity index (χ0) is 19.5. The minimum Gasteiger partial charge on any atom is -0.433 e. The van der Waals surface area contributed by atoms with Crippen LogP contribution in [0.25, 0.3) is 0 Å². The highest BCUT2D eigenvalue weighted by Crippen LogP contribution is 2.55. The second kappa shape index (κ2) is 11.9. The molecule has 0 saturated heterocycles. The molecule has 0 N–H and O–H groups in total. The molecule has 0 fully saturated rings. The molecule has 0 aliphatic rings. The zero-order valence-electron chi connectivity index (χ0n) is 14.8. The zero-order valence-corrected chi connectivity index (χ0v) is 15.7. The minimum absolute atomic E-state index is 0.00711. The third-order valence-corrected chi connectivity index (χ3v) is 4.37. The van der Waals surface area contributed by atoms with Gasteiger partial charge in [-0.15, -0.1) is 0 Å². The van der Waals surface area contributed by atoms with Crippen molar-refractivity contribution in [2.45, 2.75) is 46.3 Å². The fraction of sp³-hybridized carbons (Fsp3) is 0.600. The van der Waals surface area contributed by atoms with E-state index in [1.807, 2.05) is 0 Å². The summed E-state index contributed by atoms with van der Waals surface area (Å²) < 4.78 is 43.7. The van der Waals surface area contributed by atoms with Crippen molar-refractivity contribution < 1.29 is 42.1 Å². The van der Waals surface area contributed by atoms with Crippen LogP contribution >= 0.6 is 7.60 Å². The third-order valence-electron chi connectivity index (χ3n) is 2.38. The van der Waals surface area contributed by atoms with Gasteiger partial charge in [-0.05, 0) is 27.7 Å². The van der Waals surface area contributed by atoms with E-state index in [1.54, 1.807) is 13.8 Å². The largest absolute Gasteiger partial charge is 0.433 e. The van der Waals surface area contributed by atoms with Gasteiger partial charge < -0.3 is 23.5 Å². The predicted molar refractivity (Wildman–Crippen MR) is 88.3 cm³/mol. The Labute approximate surface area is 147 Å². The fourth-order valence-corrected chi connectivity index (χ4v) is 3.26. The van der Waals surface area contributed by atoms with Crippen molar-refractivity contribution in [3.05, 3.63) is 25.3 Å². The summed E-state index contributed by atoms with van der Waals surface area (Å²) in [6.07, 6.45) is -0.463. The molecule has 0 amide bonds. The number of ether oxygens (including phenoxy) is 4. The fourth-order valence-electron chi connectivity index (χ4n) is 1.51. The molecule has 0 spiro atoms. The molecule has 0 radical (unpaired) electrons. The van der Waals surface area contributed by atoms with Crippen LogP contribution in [-0.2, 0) is 42.1 Å². The van der Waals surface area contributed by atoms with Gasteiger partial charge in [0.1, 0.15) is 0 Å². The van der Waals surface area contributed by atoms with Crippen molar-refractivity contribution in [3.63, 3.8) is 0 Å². The summed E-state index contributed by atoms with van der Waals surface area (Å²) in [5.41, 5.74) is 0. The molecule has 10 heteroatoms. The van der Waals surface area contributed by atoms with Crippen LogP contribution in [0, 0.1) is 0 Å². The van der Waals surface area contributed by atoms with E-state index in [-0.39, 0.29) is 13.2 Å². The average molecular weight is 380 g/mol. The lowest BCUT2D eigenvalue weighted by Crippen LogP contribution is -2.29. The van der Waals surface area contributed by atoms with Crippen LogP contribution in [0.3, 0.4) is 0 Å². The predicted octanol–water partition coefficient (Wildman–Crippen LogP) is 2.72. The number of carbonyl (C=O) groups is 2. The number of carbonyl (C=O) groups excluding carboxylic acids is 2. The Balaban J connectivity index is 5.22. The first-order chi connectivity index (χ1) is 11.7. The van der Waals surface area contributed by atoms with Crippen LogP contribution in [0.15, 0.2) is 25.3 Å². The molecule has 0 heterocycles. The number of esters is 2. The van der Waals surface area contributed by atoms with Gasteiger partial charge in [0, 0.05) is 18.8 Å². The number of hydrogen-bond donors (Lipinski definition) is 0. The summed E-state index contributed by atoms with van der Waals surface area (Å²) in [7, 11) is -4.05. The molecule has 0 aliphatic carbocycles. The van der Waals surface area contributed by atoms with E-state index in [2.05, 4.69) is 13.2 Å². The molecule has 4 atom stereocenters. The van der Waals surface area contributed by atoms with Crippen LogP contribution in [0.2, 0.25) is 0 Å². The lowest BCUT2D eigenvalue weighted by atomic mass is 10.6. The molecule has 0 rings (SSSR count). The van der Waals surface area contributed by atoms with E-state index in [4.69, 9.17) is 28.0 Å². The maximum absolute atomic E-state index is 13.0. The van der Waals surface area contributed by atoms with Crippen molar-refractivity contribution in [1.29, 1.82) is 0 Å². The van der Waals surface area contributed by atoms with Gasteiger partial charge in [-0.25, -0.2) is 9.59 Å². The average Bonchev–Trinajstić information content (AvgIpc) is 2.53. The Bertz CT molecular complexity index is 505. The van der Waals surface area contributed by atoms with Crippen molar-refractivity contribution in [2.75, 3.05) is 13.2 Å². The lowest BCUT2D eigenvalue weighted by molar-refractivity contribution is -0.213. The summed E-state index contributed by atoms with van der Waals surface area (Å²) in [6.45, 7) is 12.6. The van der Waals surface area contributed by atoms with Gasteiger partial charge in [-0.3, -0.25) is 9.09 Å². The quantitative estimate of drug-likeness (QED) is 0.206. The molecule has 9 nitrogen and oxygen atoms in total. The van der Waals surface area contributed by atoms with Gasteiger partial charge in [0.25, 0.3) is 6.03 Å². The third kappa shape index (κ3) is 8.94. The van der Waals surface area contributed by atoms with Gasteiger partial charge in [-0.1, -0.05) is 13.2 Å². The van der Waals surface area contributed by atoms with Crippen LogP contribution in [0.5, 0.6) is 0 Å². The highest BCUT2D eigenvalue weighted by molar-refractivity contribution is 7.54. The summed E-state index contributed by atoms with van der Waals surface area (Å²) >= 11 is 0. The molecule has 0 saturated carbocycles.